The Morgan fingerprint density at radius 2 is 1.41 bits per heavy atom. The van der Waals surface area contributed by atoms with Gasteiger partial charge in [-0.15, -0.1) is 0 Å². The van der Waals surface area contributed by atoms with Crippen molar-refractivity contribution in [2.24, 2.45) is 0 Å². The molecule has 2 aromatic carbocycles. The Morgan fingerprint density at radius 3 is 1.88 bits per heavy atom. The van der Waals surface area contributed by atoms with Crippen LogP contribution in [0.25, 0.3) is 11.1 Å². The molecular formula is C16H15Br. The van der Waals surface area contributed by atoms with Crippen molar-refractivity contribution in [3.05, 3.63) is 59.7 Å². The van der Waals surface area contributed by atoms with E-state index in [0.29, 0.717) is 10.7 Å². The van der Waals surface area contributed by atoms with Crippen LogP contribution in [0.4, 0.5) is 0 Å². The minimum absolute atomic E-state index is 0.507. The molecule has 0 spiro atoms. The summed E-state index contributed by atoms with van der Waals surface area (Å²) in [5.41, 5.74) is 5.76. The number of hydrogen-bond donors (Lipinski definition) is 0. The van der Waals surface area contributed by atoms with Crippen LogP contribution in [0.15, 0.2) is 48.5 Å². The van der Waals surface area contributed by atoms with Crippen molar-refractivity contribution in [3.63, 3.8) is 0 Å². The molecule has 0 saturated heterocycles. The smallest absolute Gasteiger partial charge is 0.0253 e. The van der Waals surface area contributed by atoms with Gasteiger partial charge in [-0.1, -0.05) is 71.4 Å². The Labute approximate surface area is 111 Å². The number of rotatable bonds is 2. The Kier molecular flexibility index (Phi) is 2.79. The van der Waals surface area contributed by atoms with E-state index in [1.54, 1.807) is 0 Å². The minimum Gasteiger partial charge on any atom is -0.0880 e. The van der Waals surface area contributed by atoms with Crippen LogP contribution < -0.4 is 0 Å². The second-order valence-electron chi connectivity index (χ2n) is 4.58. The fraction of sp³-hybridized carbons (Fsp3) is 0.250. The molecule has 3 rings (SSSR count). The van der Waals surface area contributed by atoms with E-state index in [0.717, 1.165) is 6.42 Å². The van der Waals surface area contributed by atoms with E-state index >= 15 is 0 Å². The van der Waals surface area contributed by atoms with E-state index < -0.39 is 0 Å². The van der Waals surface area contributed by atoms with E-state index in [-0.39, 0.29) is 0 Å². The quantitative estimate of drug-likeness (QED) is 0.684. The summed E-state index contributed by atoms with van der Waals surface area (Å²) in [6, 6.07) is 17.6. The standard InChI is InChI=1S/C16H15Br/c1-2-15(17)16-13-9-5-3-7-11(13)12-8-4-6-10-14(12)16/h3-10,15-16H,2H2,1H3. The topological polar surface area (TPSA) is 0 Å². The van der Waals surface area contributed by atoms with Crippen LogP contribution in [0.3, 0.4) is 0 Å². The van der Waals surface area contributed by atoms with Crippen molar-refractivity contribution < 1.29 is 0 Å². The van der Waals surface area contributed by atoms with Gasteiger partial charge in [0, 0.05) is 10.7 Å². The van der Waals surface area contributed by atoms with Crippen molar-refractivity contribution in [1.29, 1.82) is 0 Å². The molecule has 0 saturated carbocycles. The fourth-order valence-electron chi connectivity index (χ4n) is 2.82. The zero-order valence-corrected chi connectivity index (χ0v) is 11.4. The van der Waals surface area contributed by atoms with Gasteiger partial charge in [-0.3, -0.25) is 0 Å². The van der Waals surface area contributed by atoms with E-state index in [9.17, 15) is 0 Å². The summed E-state index contributed by atoms with van der Waals surface area (Å²) in [6.07, 6.45) is 1.15. The molecule has 86 valence electrons. The van der Waals surface area contributed by atoms with E-state index in [2.05, 4.69) is 71.4 Å². The molecule has 0 amide bonds. The summed E-state index contributed by atoms with van der Waals surface area (Å²) in [7, 11) is 0. The Hall–Kier alpha value is -1.08. The lowest BCUT2D eigenvalue weighted by Crippen LogP contribution is -2.10. The lowest BCUT2D eigenvalue weighted by Gasteiger charge is -2.18. The maximum atomic E-state index is 3.84. The zero-order valence-electron chi connectivity index (χ0n) is 9.86. The third kappa shape index (κ3) is 1.64. The maximum absolute atomic E-state index is 3.84. The van der Waals surface area contributed by atoms with Crippen LogP contribution >= 0.6 is 15.9 Å². The third-order valence-corrected chi connectivity index (χ3v) is 4.81. The summed E-state index contributed by atoms with van der Waals surface area (Å²) < 4.78 is 0. The van der Waals surface area contributed by atoms with Gasteiger partial charge >= 0.3 is 0 Å². The Bertz CT molecular complexity index is 499. The first-order chi connectivity index (χ1) is 8.33. The average molecular weight is 287 g/mol. The van der Waals surface area contributed by atoms with Gasteiger partial charge in [-0.2, -0.15) is 0 Å². The summed E-state index contributed by atoms with van der Waals surface area (Å²) in [6.45, 7) is 2.24. The highest BCUT2D eigenvalue weighted by Gasteiger charge is 2.31. The molecule has 0 nitrogen and oxygen atoms in total. The maximum Gasteiger partial charge on any atom is 0.0253 e. The average Bonchev–Trinajstić information content (AvgIpc) is 2.72. The largest absolute Gasteiger partial charge is 0.0880 e. The second kappa shape index (κ2) is 4.30. The monoisotopic (exact) mass is 286 g/mol. The zero-order chi connectivity index (χ0) is 11.8. The molecule has 1 aliphatic rings. The van der Waals surface area contributed by atoms with Gasteiger partial charge in [-0.05, 0) is 28.7 Å². The minimum atomic E-state index is 0.507. The first kappa shape index (κ1) is 11.0. The number of hydrogen-bond acceptors (Lipinski definition) is 0. The van der Waals surface area contributed by atoms with Gasteiger partial charge in [0.1, 0.15) is 0 Å². The van der Waals surface area contributed by atoms with Crippen molar-refractivity contribution in [3.8, 4) is 11.1 Å². The predicted octanol–water partition coefficient (Wildman–Crippen LogP) is 4.97. The normalized spacial score (nSPS) is 15.4. The molecule has 0 N–H and O–H groups in total. The lowest BCUT2D eigenvalue weighted by molar-refractivity contribution is 0.743. The molecule has 17 heavy (non-hydrogen) atoms. The predicted molar refractivity (Wildman–Crippen MR) is 76.7 cm³/mol. The van der Waals surface area contributed by atoms with E-state index in [1.165, 1.54) is 22.3 Å². The number of halogens is 1. The molecule has 0 fully saturated rings. The van der Waals surface area contributed by atoms with Gasteiger partial charge in [0.15, 0.2) is 0 Å². The van der Waals surface area contributed by atoms with Gasteiger partial charge in [0.05, 0.1) is 0 Å². The van der Waals surface area contributed by atoms with Crippen molar-refractivity contribution >= 4 is 15.9 Å². The molecule has 1 aliphatic carbocycles. The summed E-state index contributed by atoms with van der Waals surface area (Å²) in [5, 5.41) is 0. The molecule has 1 unspecified atom stereocenters. The molecule has 0 bridgehead atoms. The highest BCUT2D eigenvalue weighted by Crippen LogP contribution is 2.48. The van der Waals surface area contributed by atoms with Crippen LogP contribution in [-0.4, -0.2) is 4.83 Å². The van der Waals surface area contributed by atoms with E-state index in [4.69, 9.17) is 0 Å². The van der Waals surface area contributed by atoms with Gasteiger partial charge in [0.2, 0.25) is 0 Å². The lowest BCUT2D eigenvalue weighted by atomic mass is 9.92. The molecule has 0 heterocycles. The second-order valence-corrected chi connectivity index (χ2v) is 5.75. The number of benzene rings is 2. The molecular weight excluding hydrogens is 272 g/mol. The third-order valence-electron chi connectivity index (χ3n) is 3.63. The van der Waals surface area contributed by atoms with Crippen LogP contribution in [-0.2, 0) is 0 Å². The number of alkyl halides is 1. The van der Waals surface area contributed by atoms with Gasteiger partial charge in [-0.25, -0.2) is 0 Å². The van der Waals surface area contributed by atoms with Crippen molar-refractivity contribution in [2.75, 3.05) is 0 Å². The molecule has 0 aromatic heterocycles. The van der Waals surface area contributed by atoms with Crippen molar-refractivity contribution in [1.82, 2.24) is 0 Å². The van der Waals surface area contributed by atoms with Gasteiger partial charge in [0.25, 0.3) is 0 Å². The Morgan fingerprint density at radius 1 is 0.941 bits per heavy atom. The van der Waals surface area contributed by atoms with Gasteiger partial charge < -0.3 is 0 Å². The summed E-state index contributed by atoms with van der Waals surface area (Å²) in [4.78, 5) is 0.521. The summed E-state index contributed by atoms with van der Waals surface area (Å²) in [5.74, 6) is 0.507. The highest BCUT2D eigenvalue weighted by atomic mass is 79.9. The van der Waals surface area contributed by atoms with Crippen molar-refractivity contribution in [2.45, 2.75) is 24.1 Å². The molecule has 1 atom stereocenters. The first-order valence-corrected chi connectivity index (χ1v) is 7.06. The SMILES string of the molecule is CCC(Br)C1c2ccccc2-c2ccccc21. The molecule has 0 radical (unpaired) electrons. The van der Waals surface area contributed by atoms with E-state index in [1.807, 2.05) is 0 Å². The number of fused-ring (bicyclic) bond motifs is 3. The highest BCUT2D eigenvalue weighted by molar-refractivity contribution is 9.09. The van der Waals surface area contributed by atoms with Crippen LogP contribution in [0.5, 0.6) is 0 Å². The molecule has 2 aromatic rings. The fourth-order valence-corrected chi connectivity index (χ4v) is 3.39. The van der Waals surface area contributed by atoms with Crippen LogP contribution in [0.2, 0.25) is 0 Å². The van der Waals surface area contributed by atoms with Crippen LogP contribution in [0.1, 0.15) is 30.4 Å². The first-order valence-electron chi connectivity index (χ1n) is 6.15. The summed E-state index contributed by atoms with van der Waals surface area (Å²) >= 11 is 3.84. The van der Waals surface area contributed by atoms with Crippen LogP contribution in [0, 0.1) is 0 Å². The Balaban J connectivity index is 2.23. The molecule has 0 aliphatic heterocycles. The molecule has 1 heteroatoms.